The standard InChI is InChI=1S/C17H12BrF3N2O2/c18-11-8-14-10(7-12(11)19)16(24)22-6-5-13(23(14)22)9-3-1-2-4-15(9)25-17(20)21/h1-4,7-8,13,17H,5-6H2. The zero-order valence-electron chi connectivity index (χ0n) is 12.8. The Morgan fingerprint density at radius 1 is 1.24 bits per heavy atom. The van der Waals surface area contributed by atoms with Crippen molar-refractivity contribution in [1.82, 2.24) is 9.36 Å². The highest BCUT2D eigenvalue weighted by Gasteiger charge is 2.30. The van der Waals surface area contributed by atoms with Crippen molar-refractivity contribution < 1.29 is 17.9 Å². The predicted molar refractivity (Wildman–Crippen MR) is 89.7 cm³/mol. The molecule has 1 unspecified atom stereocenters. The van der Waals surface area contributed by atoms with Crippen LogP contribution in [0.5, 0.6) is 5.75 Å². The fourth-order valence-electron chi connectivity index (χ4n) is 3.42. The lowest BCUT2D eigenvalue weighted by molar-refractivity contribution is -0.0507. The van der Waals surface area contributed by atoms with Gasteiger partial charge >= 0.3 is 6.61 Å². The van der Waals surface area contributed by atoms with E-state index in [0.29, 0.717) is 24.0 Å². The summed E-state index contributed by atoms with van der Waals surface area (Å²) < 4.78 is 47.3. The SMILES string of the molecule is O=c1c2cc(F)c(Br)cc2n2n1CCC2c1ccccc1OC(F)F. The number of ether oxygens (including phenoxy) is 1. The number of aromatic nitrogens is 2. The minimum absolute atomic E-state index is 0.0754. The van der Waals surface area contributed by atoms with Gasteiger partial charge in [0, 0.05) is 12.1 Å². The van der Waals surface area contributed by atoms with Crippen LogP contribution in [0.25, 0.3) is 10.9 Å². The first kappa shape index (κ1) is 16.3. The molecule has 8 heteroatoms. The van der Waals surface area contributed by atoms with Crippen LogP contribution in [0.15, 0.2) is 45.7 Å². The Bertz CT molecular complexity index is 1030. The number of benzene rings is 2. The second kappa shape index (κ2) is 5.94. The van der Waals surface area contributed by atoms with Crippen molar-refractivity contribution in [2.75, 3.05) is 0 Å². The quantitative estimate of drug-likeness (QED) is 0.642. The smallest absolute Gasteiger partial charge is 0.387 e. The van der Waals surface area contributed by atoms with Crippen molar-refractivity contribution in [2.45, 2.75) is 25.6 Å². The van der Waals surface area contributed by atoms with E-state index in [9.17, 15) is 18.0 Å². The molecule has 0 amide bonds. The zero-order chi connectivity index (χ0) is 17.7. The van der Waals surface area contributed by atoms with Crippen LogP contribution in [-0.4, -0.2) is 16.0 Å². The fourth-order valence-corrected chi connectivity index (χ4v) is 3.75. The zero-order valence-corrected chi connectivity index (χ0v) is 14.3. The lowest BCUT2D eigenvalue weighted by Crippen LogP contribution is -2.18. The number of nitrogens with zero attached hydrogens (tertiary/aromatic N) is 2. The van der Waals surface area contributed by atoms with Crippen molar-refractivity contribution in [3.63, 3.8) is 0 Å². The Hall–Kier alpha value is -2.22. The number of halogens is 4. The molecule has 2 heterocycles. The van der Waals surface area contributed by atoms with Crippen molar-refractivity contribution >= 4 is 26.8 Å². The van der Waals surface area contributed by atoms with Crippen molar-refractivity contribution in [1.29, 1.82) is 0 Å². The van der Waals surface area contributed by atoms with Crippen LogP contribution in [-0.2, 0) is 6.54 Å². The number of hydrogen-bond donors (Lipinski definition) is 0. The van der Waals surface area contributed by atoms with E-state index in [1.54, 1.807) is 22.9 Å². The molecular formula is C17H12BrF3N2O2. The van der Waals surface area contributed by atoms with Gasteiger partial charge in [-0.15, -0.1) is 0 Å². The van der Waals surface area contributed by atoms with Crippen LogP contribution >= 0.6 is 15.9 Å². The molecule has 25 heavy (non-hydrogen) atoms. The monoisotopic (exact) mass is 412 g/mol. The molecule has 0 saturated carbocycles. The first-order chi connectivity index (χ1) is 12.0. The Morgan fingerprint density at radius 3 is 2.76 bits per heavy atom. The van der Waals surface area contributed by atoms with E-state index in [-0.39, 0.29) is 27.2 Å². The minimum atomic E-state index is -2.94. The molecule has 3 aromatic rings. The van der Waals surface area contributed by atoms with E-state index in [1.807, 2.05) is 0 Å². The lowest BCUT2D eigenvalue weighted by Gasteiger charge is -2.18. The summed E-state index contributed by atoms with van der Waals surface area (Å²) in [6.07, 6.45) is 0.559. The van der Waals surface area contributed by atoms with Crippen LogP contribution in [0.1, 0.15) is 18.0 Å². The summed E-state index contributed by atoms with van der Waals surface area (Å²) in [5.41, 5.74) is 0.815. The third-order valence-corrected chi connectivity index (χ3v) is 5.02. The maximum absolute atomic E-state index is 13.8. The highest BCUT2D eigenvalue weighted by molar-refractivity contribution is 9.10. The summed E-state index contributed by atoms with van der Waals surface area (Å²) in [5, 5.41) is 0.262. The molecule has 0 bridgehead atoms. The molecule has 1 aliphatic heterocycles. The van der Waals surface area contributed by atoms with Gasteiger partial charge in [0.2, 0.25) is 0 Å². The second-order valence-electron chi connectivity index (χ2n) is 5.78. The average Bonchev–Trinajstić information content (AvgIpc) is 3.10. The average molecular weight is 413 g/mol. The molecule has 1 atom stereocenters. The van der Waals surface area contributed by atoms with Gasteiger partial charge in [-0.1, -0.05) is 18.2 Å². The van der Waals surface area contributed by atoms with E-state index in [2.05, 4.69) is 20.7 Å². The van der Waals surface area contributed by atoms with Crippen LogP contribution in [0, 0.1) is 5.82 Å². The number of hydrogen-bond acceptors (Lipinski definition) is 2. The third-order valence-electron chi connectivity index (χ3n) is 4.41. The van der Waals surface area contributed by atoms with Gasteiger partial charge in [-0.05, 0) is 40.5 Å². The lowest BCUT2D eigenvalue weighted by atomic mass is 10.0. The highest BCUT2D eigenvalue weighted by atomic mass is 79.9. The minimum Gasteiger partial charge on any atom is -0.434 e. The maximum atomic E-state index is 13.8. The van der Waals surface area contributed by atoms with Gasteiger partial charge in [0.15, 0.2) is 0 Å². The molecule has 1 aromatic heterocycles. The molecular weight excluding hydrogens is 401 g/mol. The van der Waals surface area contributed by atoms with E-state index < -0.39 is 12.4 Å². The number of fused-ring (bicyclic) bond motifs is 3. The molecule has 4 nitrogen and oxygen atoms in total. The number of para-hydroxylation sites is 1. The van der Waals surface area contributed by atoms with Gasteiger partial charge in [-0.25, -0.2) is 9.07 Å². The summed E-state index contributed by atoms with van der Waals surface area (Å²) in [6, 6.07) is 8.91. The summed E-state index contributed by atoms with van der Waals surface area (Å²) in [7, 11) is 0. The molecule has 0 fully saturated rings. The Labute approximate surface area is 148 Å². The van der Waals surface area contributed by atoms with Gasteiger partial charge < -0.3 is 4.74 Å². The van der Waals surface area contributed by atoms with Gasteiger partial charge in [-0.3, -0.25) is 9.48 Å². The molecule has 0 saturated heterocycles. The molecule has 0 N–H and O–H groups in total. The molecule has 1 aliphatic rings. The van der Waals surface area contributed by atoms with Crippen molar-refractivity contribution in [3.8, 4) is 5.75 Å². The Kier molecular flexibility index (Phi) is 3.87. The van der Waals surface area contributed by atoms with Gasteiger partial charge in [0.05, 0.1) is 21.4 Å². The second-order valence-corrected chi connectivity index (χ2v) is 6.63. The van der Waals surface area contributed by atoms with Crippen LogP contribution < -0.4 is 10.3 Å². The normalized spacial score (nSPS) is 16.6. The molecule has 0 radical (unpaired) electrons. The third kappa shape index (κ3) is 2.55. The first-order valence-electron chi connectivity index (χ1n) is 7.61. The van der Waals surface area contributed by atoms with Gasteiger partial charge in [0.1, 0.15) is 11.6 Å². The largest absolute Gasteiger partial charge is 0.434 e. The van der Waals surface area contributed by atoms with E-state index >= 15 is 0 Å². The summed E-state index contributed by atoms with van der Waals surface area (Å²) in [6.45, 7) is -2.52. The summed E-state index contributed by atoms with van der Waals surface area (Å²) >= 11 is 3.13. The molecule has 0 spiro atoms. The van der Waals surface area contributed by atoms with Gasteiger partial charge in [0.25, 0.3) is 5.56 Å². The Balaban J connectivity index is 1.92. The Morgan fingerprint density at radius 2 is 2.00 bits per heavy atom. The molecule has 2 aromatic carbocycles. The van der Waals surface area contributed by atoms with Gasteiger partial charge in [-0.2, -0.15) is 8.78 Å². The van der Waals surface area contributed by atoms with Crippen LogP contribution in [0.3, 0.4) is 0 Å². The van der Waals surface area contributed by atoms with Crippen LogP contribution in [0.4, 0.5) is 13.2 Å². The van der Waals surface area contributed by atoms with E-state index in [0.717, 1.165) is 0 Å². The fraction of sp³-hybridized carbons (Fsp3) is 0.235. The van der Waals surface area contributed by atoms with Crippen molar-refractivity contribution in [3.05, 3.63) is 62.6 Å². The molecule has 4 rings (SSSR count). The number of rotatable bonds is 3. The maximum Gasteiger partial charge on any atom is 0.387 e. The summed E-state index contributed by atoms with van der Waals surface area (Å²) in [5.74, 6) is -0.445. The highest BCUT2D eigenvalue weighted by Crippen LogP contribution is 2.37. The molecule has 0 aliphatic carbocycles. The number of alkyl halides is 2. The summed E-state index contributed by atoms with van der Waals surface area (Å²) in [4.78, 5) is 12.5. The van der Waals surface area contributed by atoms with E-state index in [1.165, 1.54) is 22.9 Å². The predicted octanol–water partition coefficient (Wildman–Crippen LogP) is 4.30. The topological polar surface area (TPSA) is 36.2 Å². The first-order valence-corrected chi connectivity index (χ1v) is 8.40. The van der Waals surface area contributed by atoms with E-state index in [4.69, 9.17) is 0 Å². The van der Waals surface area contributed by atoms with Crippen molar-refractivity contribution in [2.24, 2.45) is 0 Å². The van der Waals surface area contributed by atoms with Crippen LogP contribution in [0.2, 0.25) is 0 Å². The molecule has 130 valence electrons.